The van der Waals surface area contributed by atoms with Gasteiger partial charge in [-0.3, -0.25) is 9.59 Å². The summed E-state index contributed by atoms with van der Waals surface area (Å²) in [5, 5.41) is 3.60. The van der Waals surface area contributed by atoms with Gasteiger partial charge in [0.15, 0.2) is 17.2 Å². The number of rotatable bonds is 7. The van der Waals surface area contributed by atoms with Crippen molar-refractivity contribution in [3.8, 4) is 34.1 Å². The fourth-order valence-electron chi connectivity index (χ4n) is 4.59. The molecule has 0 unspecified atom stereocenters. The van der Waals surface area contributed by atoms with Crippen LogP contribution < -0.4 is 29.7 Å². The number of carbonyl (C=O) groups is 1. The fourth-order valence-corrected chi connectivity index (χ4v) is 4.80. The van der Waals surface area contributed by atoms with E-state index in [4.69, 9.17) is 30.5 Å². The van der Waals surface area contributed by atoms with Crippen molar-refractivity contribution in [3.63, 3.8) is 0 Å². The molecule has 1 amide bonds. The Bertz CT molecular complexity index is 1360. The van der Waals surface area contributed by atoms with E-state index >= 15 is 0 Å². The number of methoxy groups -OCH3 is 3. The monoisotopic (exact) mass is 509 g/mol. The van der Waals surface area contributed by atoms with Crippen molar-refractivity contribution in [3.05, 3.63) is 80.5 Å². The molecule has 0 saturated heterocycles. The van der Waals surface area contributed by atoms with E-state index < -0.39 is 0 Å². The predicted octanol–water partition coefficient (Wildman–Crippen LogP) is 5.10. The normalized spacial score (nSPS) is 14.1. The van der Waals surface area contributed by atoms with Crippen molar-refractivity contribution in [2.24, 2.45) is 0 Å². The van der Waals surface area contributed by atoms with Crippen LogP contribution in [-0.4, -0.2) is 27.2 Å². The van der Waals surface area contributed by atoms with Gasteiger partial charge in [-0.2, -0.15) is 0 Å². The summed E-state index contributed by atoms with van der Waals surface area (Å²) in [6.45, 7) is 1.70. The lowest BCUT2D eigenvalue weighted by Gasteiger charge is -2.21. The molecule has 0 saturated carbocycles. The van der Waals surface area contributed by atoms with Gasteiger partial charge in [-0.1, -0.05) is 29.8 Å². The van der Waals surface area contributed by atoms with Gasteiger partial charge < -0.3 is 24.3 Å². The largest absolute Gasteiger partial charge is 0.493 e. The maximum Gasteiger partial charge on any atom is 0.220 e. The zero-order valence-electron chi connectivity index (χ0n) is 20.6. The smallest absolute Gasteiger partial charge is 0.220 e. The third kappa shape index (κ3) is 5.11. The van der Waals surface area contributed by atoms with Gasteiger partial charge in [0.2, 0.25) is 17.1 Å². The molecule has 188 valence electrons. The van der Waals surface area contributed by atoms with E-state index in [9.17, 15) is 9.59 Å². The molecule has 3 aromatic rings. The maximum atomic E-state index is 12.9. The predicted molar refractivity (Wildman–Crippen MR) is 138 cm³/mol. The molecule has 3 aromatic carbocycles. The van der Waals surface area contributed by atoms with E-state index in [1.165, 1.54) is 20.1 Å². The second-order valence-electron chi connectivity index (χ2n) is 8.47. The number of aryl methyl sites for hydroxylation is 1. The van der Waals surface area contributed by atoms with E-state index in [2.05, 4.69) is 5.32 Å². The Kier molecular flexibility index (Phi) is 7.70. The summed E-state index contributed by atoms with van der Waals surface area (Å²) in [5.74, 6) is 1.46. The minimum atomic E-state index is -0.382. The van der Waals surface area contributed by atoms with Crippen LogP contribution in [0.3, 0.4) is 0 Å². The van der Waals surface area contributed by atoms with Crippen LogP contribution >= 0.6 is 11.6 Å². The standard InChI is InChI=1S/C28H28ClNO6/c1-16(31)30-22-10-8-18-13-25(34-3)27(35-4)28(36-15-17-6-5-7-19(29)12-17)26(18)20-9-11-24(33-2)23(32)14-21(20)22/h5-7,9,11-14,22H,8,10,15H2,1-4H3,(H,30,31)/t22-/m0/s1. The molecule has 7 nitrogen and oxygen atoms in total. The summed E-state index contributed by atoms with van der Waals surface area (Å²) >= 11 is 6.18. The molecule has 0 aromatic heterocycles. The first-order chi connectivity index (χ1) is 17.4. The number of amides is 1. The van der Waals surface area contributed by atoms with Crippen LogP contribution in [0.2, 0.25) is 5.02 Å². The zero-order chi connectivity index (χ0) is 25.8. The molecule has 0 spiro atoms. The average Bonchev–Trinajstić information content (AvgIpc) is 3.10. The highest BCUT2D eigenvalue weighted by Gasteiger charge is 2.30. The molecule has 8 heteroatoms. The van der Waals surface area contributed by atoms with Gasteiger partial charge in [-0.25, -0.2) is 0 Å². The van der Waals surface area contributed by atoms with Crippen LogP contribution in [0.5, 0.6) is 23.0 Å². The molecule has 0 fully saturated rings. The van der Waals surface area contributed by atoms with Crippen molar-refractivity contribution < 1.29 is 23.7 Å². The Hall–Kier alpha value is -3.71. The number of hydrogen-bond acceptors (Lipinski definition) is 6. The Balaban J connectivity index is 1.98. The Labute approximate surface area is 214 Å². The number of ether oxygens (including phenoxy) is 4. The van der Waals surface area contributed by atoms with E-state index in [1.54, 1.807) is 26.4 Å². The van der Waals surface area contributed by atoms with E-state index in [1.807, 2.05) is 30.3 Å². The first-order valence-corrected chi connectivity index (χ1v) is 11.9. The van der Waals surface area contributed by atoms with Gasteiger partial charge in [-0.05, 0) is 65.4 Å². The Morgan fingerprint density at radius 1 is 1.00 bits per heavy atom. The minimum absolute atomic E-state index is 0.185. The van der Waals surface area contributed by atoms with Gasteiger partial charge in [0, 0.05) is 17.5 Å². The molecule has 4 rings (SSSR count). The van der Waals surface area contributed by atoms with Crippen LogP contribution in [0.1, 0.15) is 36.1 Å². The second kappa shape index (κ2) is 10.9. The van der Waals surface area contributed by atoms with Gasteiger partial charge in [-0.15, -0.1) is 0 Å². The molecule has 0 bridgehead atoms. The molecular weight excluding hydrogens is 482 g/mol. The highest BCUT2D eigenvalue weighted by atomic mass is 35.5. The highest BCUT2D eigenvalue weighted by molar-refractivity contribution is 6.30. The third-order valence-corrected chi connectivity index (χ3v) is 6.40. The topological polar surface area (TPSA) is 83.1 Å². The number of nitrogens with one attached hydrogen (secondary N) is 1. The van der Waals surface area contributed by atoms with Crippen LogP contribution in [0.4, 0.5) is 0 Å². The number of hydrogen-bond donors (Lipinski definition) is 1. The number of halogens is 1. The molecule has 0 aliphatic heterocycles. The van der Waals surface area contributed by atoms with Crippen LogP contribution in [0.25, 0.3) is 11.1 Å². The molecule has 1 aliphatic rings. The number of benzene rings is 2. The molecule has 1 N–H and O–H groups in total. The van der Waals surface area contributed by atoms with Crippen LogP contribution in [0.15, 0.2) is 53.3 Å². The lowest BCUT2D eigenvalue weighted by atomic mass is 9.95. The second-order valence-corrected chi connectivity index (χ2v) is 8.90. The third-order valence-electron chi connectivity index (χ3n) is 6.17. The molecule has 0 radical (unpaired) electrons. The first-order valence-electron chi connectivity index (χ1n) is 11.5. The van der Waals surface area contributed by atoms with Crippen LogP contribution in [0, 0.1) is 0 Å². The molecule has 1 aliphatic carbocycles. The fraction of sp³-hybridized carbons (Fsp3) is 0.286. The Morgan fingerprint density at radius 3 is 2.44 bits per heavy atom. The molecule has 36 heavy (non-hydrogen) atoms. The summed E-state index contributed by atoms with van der Waals surface area (Å²) in [7, 11) is 4.58. The molecule has 0 heterocycles. The highest BCUT2D eigenvalue weighted by Crippen LogP contribution is 2.50. The van der Waals surface area contributed by atoms with Crippen molar-refractivity contribution in [1.82, 2.24) is 5.32 Å². The van der Waals surface area contributed by atoms with Crippen molar-refractivity contribution in [2.45, 2.75) is 32.4 Å². The Morgan fingerprint density at radius 2 is 1.78 bits per heavy atom. The first kappa shape index (κ1) is 25.4. The summed E-state index contributed by atoms with van der Waals surface area (Å²) in [5.41, 5.74) is 3.74. The lowest BCUT2D eigenvalue weighted by Crippen LogP contribution is -2.26. The number of carbonyl (C=O) groups excluding carboxylic acids is 1. The van der Waals surface area contributed by atoms with Crippen molar-refractivity contribution in [1.29, 1.82) is 0 Å². The van der Waals surface area contributed by atoms with Crippen LogP contribution in [-0.2, 0) is 17.8 Å². The van der Waals surface area contributed by atoms with Gasteiger partial charge in [0.25, 0.3) is 0 Å². The summed E-state index contributed by atoms with van der Waals surface area (Å²) < 4.78 is 23.1. The van der Waals surface area contributed by atoms with Gasteiger partial charge in [0.05, 0.1) is 27.4 Å². The van der Waals surface area contributed by atoms with Crippen molar-refractivity contribution >= 4 is 17.5 Å². The van der Waals surface area contributed by atoms with Crippen molar-refractivity contribution in [2.75, 3.05) is 21.3 Å². The average molecular weight is 510 g/mol. The summed E-state index contributed by atoms with van der Waals surface area (Å²) in [6, 6.07) is 14.0. The minimum Gasteiger partial charge on any atom is -0.493 e. The quantitative estimate of drug-likeness (QED) is 0.477. The molecule has 1 atom stereocenters. The van der Waals surface area contributed by atoms with E-state index in [0.717, 1.165) is 22.3 Å². The molecular formula is C28H28ClNO6. The zero-order valence-corrected chi connectivity index (χ0v) is 21.4. The summed E-state index contributed by atoms with van der Waals surface area (Å²) in [6.07, 6.45) is 1.19. The van der Waals surface area contributed by atoms with E-state index in [0.29, 0.717) is 40.7 Å². The SMILES string of the molecule is COc1cc2c(c(OCc3cccc(Cl)c3)c1OC)-c1ccc(OC)c(=O)cc1[C@@H](NC(C)=O)CC2. The summed E-state index contributed by atoms with van der Waals surface area (Å²) in [4.78, 5) is 25.0. The van der Waals surface area contributed by atoms with Gasteiger partial charge in [0.1, 0.15) is 6.61 Å². The lowest BCUT2D eigenvalue weighted by molar-refractivity contribution is -0.119. The maximum absolute atomic E-state index is 12.9. The number of fused-ring (bicyclic) bond motifs is 3. The van der Waals surface area contributed by atoms with E-state index in [-0.39, 0.29) is 29.7 Å². The van der Waals surface area contributed by atoms with Gasteiger partial charge >= 0.3 is 0 Å².